The predicted molar refractivity (Wildman–Crippen MR) is 82.6 cm³/mol. The largest absolute Gasteiger partial charge is 0.481 e. The summed E-state index contributed by atoms with van der Waals surface area (Å²) in [6.45, 7) is 2.90. The van der Waals surface area contributed by atoms with E-state index in [4.69, 9.17) is 9.84 Å². The second-order valence-electron chi connectivity index (χ2n) is 5.76. The van der Waals surface area contributed by atoms with Crippen molar-refractivity contribution >= 4 is 11.9 Å². The lowest BCUT2D eigenvalue weighted by molar-refractivity contribution is -0.141. The summed E-state index contributed by atoms with van der Waals surface area (Å²) in [4.78, 5) is 25.3. The molecule has 0 saturated carbocycles. The van der Waals surface area contributed by atoms with Crippen LogP contribution in [0.3, 0.4) is 0 Å². The molecule has 0 aliphatic carbocycles. The van der Waals surface area contributed by atoms with E-state index in [0.717, 1.165) is 0 Å². The Kier molecular flexibility index (Phi) is 6.10. The number of benzene rings is 1. The summed E-state index contributed by atoms with van der Waals surface area (Å²) >= 11 is 0. The van der Waals surface area contributed by atoms with Gasteiger partial charge in [-0.1, -0.05) is 18.2 Å². The maximum absolute atomic E-state index is 13.9. The maximum atomic E-state index is 13.9. The topological polar surface area (TPSA) is 66.8 Å². The fourth-order valence-corrected chi connectivity index (χ4v) is 2.89. The summed E-state index contributed by atoms with van der Waals surface area (Å²) in [5.74, 6) is -2.25. The molecule has 1 atom stereocenters. The van der Waals surface area contributed by atoms with Gasteiger partial charge in [-0.05, 0) is 31.4 Å². The van der Waals surface area contributed by atoms with E-state index >= 15 is 0 Å². The molecule has 1 fully saturated rings. The van der Waals surface area contributed by atoms with Gasteiger partial charge >= 0.3 is 5.97 Å². The highest BCUT2D eigenvalue weighted by atomic mass is 19.1. The smallest absolute Gasteiger partial charge is 0.305 e. The van der Waals surface area contributed by atoms with Crippen LogP contribution in [-0.2, 0) is 14.3 Å². The number of carboxylic acids is 1. The Morgan fingerprint density at radius 3 is 2.61 bits per heavy atom. The lowest BCUT2D eigenvalue weighted by Crippen LogP contribution is -2.46. The number of halogens is 1. The Morgan fingerprint density at radius 2 is 2.00 bits per heavy atom. The van der Waals surface area contributed by atoms with E-state index in [9.17, 15) is 14.0 Å². The van der Waals surface area contributed by atoms with E-state index in [1.807, 2.05) is 0 Å². The third-order valence-electron chi connectivity index (χ3n) is 4.22. The Hall–Kier alpha value is -1.95. The summed E-state index contributed by atoms with van der Waals surface area (Å²) in [6.07, 6.45) is 1.23. The second-order valence-corrected chi connectivity index (χ2v) is 5.76. The summed E-state index contributed by atoms with van der Waals surface area (Å²) in [5.41, 5.74) is 0.338. The van der Waals surface area contributed by atoms with E-state index in [0.29, 0.717) is 31.6 Å². The Balaban J connectivity index is 2.17. The van der Waals surface area contributed by atoms with Crippen molar-refractivity contribution in [3.05, 3.63) is 35.6 Å². The van der Waals surface area contributed by atoms with Gasteiger partial charge in [0.05, 0.1) is 12.3 Å². The monoisotopic (exact) mass is 323 g/mol. The van der Waals surface area contributed by atoms with Gasteiger partial charge in [-0.25, -0.2) is 4.39 Å². The zero-order valence-corrected chi connectivity index (χ0v) is 13.2. The van der Waals surface area contributed by atoms with Crippen LogP contribution in [0.2, 0.25) is 0 Å². The van der Waals surface area contributed by atoms with Crippen molar-refractivity contribution in [3.63, 3.8) is 0 Å². The average molecular weight is 323 g/mol. The van der Waals surface area contributed by atoms with E-state index in [1.54, 1.807) is 30.0 Å². The van der Waals surface area contributed by atoms with Gasteiger partial charge in [0, 0.05) is 25.8 Å². The molecule has 23 heavy (non-hydrogen) atoms. The molecule has 0 spiro atoms. The van der Waals surface area contributed by atoms with Gasteiger partial charge in [-0.3, -0.25) is 9.59 Å². The number of amides is 1. The van der Waals surface area contributed by atoms with Gasteiger partial charge < -0.3 is 14.7 Å². The van der Waals surface area contributed by atoms with Crippen LogP contribution in [0.4, 0.5) is 4.39 Å². The fraction of sp³-hybridized carbons (Fsp3) is 0.529. The molecule has 1 N–H and O–H groups in total. The number of ether oxygens (including phenoxy) is 1. The maximum Gasteiger partial charge on any atom is 0.305 e. The second kappa shape index (κ2) is 8.06. The highest BCUT2D eigenvalue weighted by Crippen LogP contribution is 2.24. The van der Waals surface area contributed by atoms with Gasteiger partial charge in [-0.2, -0.15) is 0 Å². The van der Waals surface area contributed by atoms with Crippen molar-refractivity contribution in [2.45, 2.75) is 38.1 Å². The Bertz CT molecular complexity index is 557. The fourth-order valence-electron chi connectivity index (χ4n) is 2.89. The molecule has 1 aromatic rings. The predicted octanol–water partition coefficient (Wildman–Crippen LogP) is 2.41. The molecule has 0 aromatic heterocycles. The van der Waals surface area contributed by atoms with Crippen LogP contribution in [0, 0.1) is 5.82 Å². The normalized spacial score (nSPS) is 16.8. The Morgan fingerprint density at radius 1 is 1.35 bits per heavy atom. The molecule has 1 saturated heterocycles. The standard InChI is InChI=1S/C17H22FNO4/c1-12(14-4-2-3-5-15(14)18)17(22)19(9-6-16(20)21)13-7-10-23-11-8-13/h2-5,12-13H,6-11H2,1H3,(H,20,21). The van der Waals surface area contributed by atoms with Crippen molar-refractivity contribution in [1.82, 2.24) is 4.90 Å². The van der Waals surface area contributed by atoms with Gasteiger partial charge in [0.15, 0.2) is 0 Å². The van der Waals surface area contributed by atoms with Crippen LogP contribution in [-0.4, -0.2) is 47.7 Å². The molecule has 5 nitrogen and oxygen atoms in total. The minimum absolute atomic E-state index is 0.0511. The van der Waals surface area contributed by atoms with Crippen molar-refractivity contribution < 1.29 is 23.8 Å². The third kappa shape index (κ3) is 4.51. The average Bonchev–Trinajstić information content (AvgIpc) is 2.55. The number of nitrogens with zero attached hydrogens (tertiary/aromatic N) is 1. The van der Waals surface area contributed by atoms with Crippen LogP contribution < -0.4 is 0 Å². The number of carbonyl (C=O) groups excluding carboxylic acids is 1. The number of hydrogen-bond acceptors (Lipinski definition) is 3. The van der Waals surface area contributed by atoms with E-state index in [2.05, 4.69) is 0 Å². The molecular weight excluding hydrogens is 301 g/mol. The molecule has 1 unspecified atom stereocenters. The van der Waals surface area contributed by atoms with Crippen molar-refractivity contribution in [2.75, 3.05) is 19.8 Å². The third-order valence-corrected chi connectivity index (χ3v) is 4.22. The van der Waals surface area contributed by atoms with E-state index in [-0.39, 0.29) is 24.9 Å². The molecule has 1 aromatic carbocycles. The summed E-state index contributed by atoms with van der Waals surface area (Å²) in [7, 11) is 0. The zero-order chi connectivity index (χ0) is 16.8. The first-order valence-corrected chi connectivity index (χ1v) is 7.85. The van der Waals surface area contributed by atoms with Gasteiger partial charge in [0.1, 0.15) is 5.82 Å². The molecule has 0 radical (unpaired) electrons. The van der Waals surface area contributed by atoms with Crippen LogP contribution in [0.25, 0.3) is 0 Å². The molecule has 2 rings (SSSR count). The van der Waals surface area contributed by atoms with Crippen molar-refractivity contribution in [1.29, 1.82) is 0 Å². The first-order valence-electron chi connectivity index (χ1n) is 7.85. The number of rotatable bonds is 6. The molecule has 126 valence electrons. The van der Waals surface area contributed by atoms with Gasteiger partial charge in [-0.15, -0.1) is 0 Å². The van der Waals surface area contributed by atoms with Crippen molar-refractivity contribution in [3.8, 4) is 0 Å². The quantitative estimate of drug-likeness (QED) is 0.873. The van der Waals surface area contributed by atoms with Gasteiger partial charge in [0.25, 0.3) is 0 Å². The highest BCUT2D eigenvalue weighted by Gasteiger charge is 2.30. The number of carboxylic acid groups (broad SMARTS) is 1. The van der Waals surface area contributed by atoms with E-state index in [1.165, 1.54) is 6.07 Å². The van der Waals surface area contributed by atoms with Crippen LogP contribution in [0.15, 0.2) is 24.3 Å². The van der Waals surface area contributed by atoms with Crippen molar-refractivity contribution in [2.24, 2.45) is 0 Å². The summed E-state index contributed by atoms with van der Waals surface area (Å²) in [5, 5.41) is 8.92. The van der Waals surface area contributed by atoms with Crippen LogP contribution >= 0.6 is 0 Å². The molecule has 1 heterocycles. The van der Waals surface area contributed by atoms with Crippen LogP contribution in [0.5, 0.6) is 0 Å². The lowest BCUT2D eigenvalue weighted by Gasteiger charge is -2.35. The van der Waals surface area contributed by atoms with Crippen LogP contribution in [0.1, 0.15) is 37.7 Å². The van der Waals surface area contributed by atoms with E-state index < -0.39 is 17.7 Å². The zero-order valence-electron chi connectivity index (χ0n) is 13.2. The molecule has 1 amide bonds. The minimum atomic E-state index is -0.951. The molecule has 0 bridgehead atoms. The number of aliphatic carboxylic acids is 1. The number of hydrogen-bond donors (Lipinski definition) is 1. The molecule has 1 aliphatic heterocycles. The highest BCUT2D eigenvalue weighted by molar-refractivity contribution is 5.84. The molecule has 1 aliphatic rings. The minimum Gasteiger partial charge on any atom is -0.481 e. The first kappa shape index (κ1) is 17.4. The first-order chi connectivity index (χ1) is 11.0. The SMILES string of the molecule is CC(C(=O)N(CCC(=O)O)C1CCOCC1)c1ccccc1F. The Labute approximate surface area is 135 Å². The molecule has 6 heteroatoms. The molecular formula is C17H22FNO4. The lowest BCUT2D eigenvalue weighted by atomic mass is 9.96. The summed E-state index contributed by atoms with van der Waals surface area (Å²) in [6, 6.07) is 6.14. The summed E-state index contributed by atoms with van der Waals surface area (Å²) < 4.78 is 19.2. The van der Waals surface area contributed by atoms with Gasteiger partial charge in [0.2, 0.25) is 5.91 Å². The number of carbonyl (C=O) groups is 2.